The maximum Gasteiger partial charge on any atom is 0.261 e. The minimum Gasteiger partial charge on any atom is -0.496 e. The number of hydrogen-bond acceptors (Lipinski definition) is 7. The molecular weight excluding hydrogens is 450 g/mol. The normalized spacial score (nSPS) is 15.3. The molecule has 8 nitrogen and oxygen atoms in total. The highest BCUT2D eigenvalue weighted by atomic mass is 35.5. The zero-order valence-electron chi connectivity index (χ0n) is 15.9. The number of aromatic nitrogens is 1. The molecule has 3 aromatic rings. The van der Waals surface area contributed by atoms with E-state index in [0.29, 0.717) is 52.4 Å². The van der Waals surface area contributed by atoms with Crippen LogP contribution in [0.3, 0.4) is 0 Å². The topological polar surface area (TPSA) is 97.8 Å². The first kappa shape index (κ1) is 21.0. The Bertz CT molecular complexity index is 1210. The second-order valence-electron chi connectivity index (χ2n) is 6.46. The number of morpholine rings is 1. The van der Waals surface area contributed by atoms with E-state index in [2.05, 4.69) is 10.3 Å². The van der Waals surface area contributed by atoms with Crippen molar-refractivity contribution in [3.05, 3.63) is 47.0 Å². The van der Waals surface area contributed by atoms with E-state index in [1.807, 2.05) is 0 Å². The van der Waals surface area contributed by atoms with Gasteiger partial charge in [0.2, 0.25) is 10.0 Å². The van der Waals surface area contributed by atoms with Crippen molar-refractivity contribution in [2.75, 3.05) is 38.7 Å². The Hall–Kier alpha value is -2.24. The summed E-state index contributed by atoms with van der Waals surface area (Å²) in [6, 6.07) is 9.49. The lowest BCUT2D eigenvalue weighted by Crippen LogP contribution is -2.40. The molecule has 11 heteroatoms. The number of carbonyl (C=O) groups excluding carboxylic acids is 1. The van der Waals surface area contributed by atoms with Crippen molar-refractivity contribution in [2.45, 2.75) is 4.90 Å². The summed E-state index contributed by atoms with van der Waals surface area (Å²) >= 11 is 7.18. The van der Waals surface area contributed by atoms with E-state index in [0.717, 1.165) is 0 Å². The Morgan fingerprint density at radius 2 is 2.00 bits per heavy atom. The van der Waals surface area contributed by atoms with Crippen molar-refractivity contribution in [1.29, 1.82) is 0 Å². The van der Waals surface area contributed by atoms with Crippen LogP contribution in [0, 0.1) is 0 Å². The number of anilines is 1. The van der Waals surface area contributed by atoms with E-state index in [1.165, 1.54) is 34.9 Å². The first-order valence-corrected chi connectivity index (χ1v) is 11.7. The number of nitrogens with zero attached hydrogens (tertiary/aromatic N) is 2. The van der Waals surface area contributed by atoms with Gasteiger partial charge < -0.3 is 9.47 Å². The van der Waals surface area contributed by atoms with Crippen molar-refractivity contribution in [3.8, 4) is 5.75 Å². The number of fused-ring (bicyclic) bond motifs is 1. The molecular formula is C19H18ClN3O5S2. The van der Waals surface area contributed by atoms with Gasteiger partial charge in [-0.25, -0.2) is 13.4 Å². The number of halogens is 1. The molecule has 2 heterocycles. The summed E-state index contributed by atoms with van der Waals surface area (Å²) in [6.07, 6.45) is 0. The largest absolute Gasteiger partial charge is 0.496 e. The maximum absolute atomic E-state index is 12.9. The van der Waals surface area contributed by atoms with Crippen LogP contribution in [0.15, 0.2) is 41.3 Å². The minimum atomic E-state index is -3.61. The molecule has 1 N–H and O–H groups in total. The highest BCUT2D eigenvalue weighted by molar-refractivity contribution is 7.89. The number of methoxy groups -OCH3 is 1. The summed E-state index contributed by atoms with van der Waals surface area (Å²) in [4.78, 5) is 17.2. The Balaban J connectivity index is 1.60. The summed E-state index contributed by atoms with van der Waals surface area (Å²) in [5.41, 5.74) is 0.870. The van der Waals surface area contributed by atoms with Crippen molar-refractivity contribution in [1.82, 2.24) is 9.29 Å². The van der Waals surface area contributed by atoms with Gasteiger partial charge in [-0.3, -0.25) is 10.1 Å². The third-order valence-corrected chi connectivity index (χ3v) is 7.66. The van der Waals surface area contributed by atoms with Gasteiger partial charge in [0.25, 0.3) is 5.91 Å². The Morgan fingerprint density at radius 1 is 1.23 bits per heavy atom. The highest BCUT2D eigenvalue weighted by Crippen LogP contribution is 2.31. The van der Waals surface area contributed by atoms with E-state index >= 15 is 0 Å². The van der Waals surface area contributed by atoms with Crippen LogP contribution in [0.4, 0.5) is 5.13 Å². The molecule has 158 valence electrons. The fraction of sp³-hybridized carbons (Fsp3) is 0.263. The molecule has 30 heavy (non-hydrogen) atoms. The van der Waals surface area contributed by atoms with E-state index in [1.54, 1.807) is 24.3 Å². The molecule has 0 spiro atoms. The summed E-state index contributed by atoms with van der Waals surface area (Å²) in [5, 5.41) is 3.48. The van der Waals surface area contributed by atoms with E-state index in [4.69, 9.17) is 21.1 Å². The third kappa shape index (κ3) is 4.14. The molecule has 1 fully saturated rings. The highest BCUT2D eigenvalue weighted by Gasteiger charge is 2.27. The summed E-state index contributed by atoms with van der Waals surface area (Å²) in [6.45, 7) is 1.41. The monoisotopic (exact) mass is 467 g/mol. The molecule has 0 radical (unpaired) electrons. The summed E-state index contributed by atoms with van der Waals surface area (Å²) in [5.74, 6) is -0.0357. The SMILES string of the molecule is COc1ccc(Cl)cc1C(=O)Nc1nc2ccc(S(=O)(=O)N3CCOCC3)cc2s1. The molecule has 0 unspecified atom stereocenters. The van der Waals surface area contributed by atoms with Crippen LogP contribution in [0.1, 0.15) is 10.4 Å². The molecule has 0 bridgehead atoms. The number of benzene rings is 2. The fourth-order valence-electron chi connectivity index (χ4n) is 3.08. The number of ether oxygens (including phenoxy) is 2. The number of sulfonamides is 1. The lowest BCUT2D eigenvalue weighted by atomic mass is 10.2. The predicted octanol–water partition coefficient (Wildman–Crippen LogP) is 3.23. The van der Waals surface area contributed by atoms with Crippen LogP contribution in [0.5, 0.6) is 5.75 Å². The maximum atomic E-state index is 12.9. The van der Waals surface area contributed by atoms with Crippen LogP contribution >= 0.6 is 22.9 Å². The minimum absolute atomic E-state index is 0.190. The number of amides is 1. The van der Waals surface area contributed by atoms with Crippen LogP contribution in [0.2, 0.25) is 5.02 Å². The Kier molecular flexibility index (Phi) is 5.94. The second kappa shape index (κ2) is 8.48. The number of nitrogens with one attached hydrogen (secondary N) is 1. The van der Waals surface area contributed by atoms with Gasteiger partial charge in [0.05, 0.1) is 41.0 Å². The van der Waals surface area contributed by atoms with Gasteiger partial charge in [0.15, 0.2) is 5.13 Å². The van der Waals surface area contributed by atoms with Gasteiger partial charge >= 0.3 is 0 Å². The lowest BCUT2D eigenvalue weighted by Gasteiger charge is -2.25. The lowest BCUT2D eigenvalue weighted by molar-refractivity contribution is 0.0730. The van der Waals surface area contributed by atoms with Gasteiger partial charge in [-0.2, -0.15) is 4.31 Å². The van der Waals surface area contributed by atoms with Crippen LogP contribution in [-0.4, -0.2) is 57.0 Å². The Labute approximate surface area is 182 Å². The molecule has 0 atom stereocenters. The summed E-state index contributed by atoms with van der Waals surface area (Å²) in [7, 11) is -2.14. The second-order valence-corrected chi connectivity index (χ2v) is 9.87. The van der Waals surface area contributed by atoms with Gasteiger partial charge in [0.1, 0.15) is 5.75 Å². The molecule has 0 saturated carbocycles. The predicted molar refractivity (Wildman–Crippen MR) is 115 cm³/mol. The van der Waals surface area contributed by atoms with Crippen LogP contribution in [-0.2, 0) is 14.8 Å². The zero-order chi connectivity index (χ0) is 21.3. The van der Waals surface area contributed by atoms with Crippen molar-refractivity contribution < 1.29 is 22.7 Å². The average Bonchev–Trinajstić information content (AvgIpc) is 3.15. The fourth-order valence-corrected chi connectivity index (χ4v) is 5.66. The Morgan fingerprint density at radius 3 is 2.73 bits per heavy atom. The van der Waals surface area contributed by atoms with Crippen molar-refractivity contribution in [2.24, 2.45) is 0 Å². The first-order chi connectivity index (χ1) is 14.4. The molecule has 2 aromatic carbocycles. The van der Waals surface area contributed by atoms with E-state index in [-0.39, 0.29) is 10.5 Å². The quantitative estimate of drug-likeness (QED) is 0.618. The molecule has 1 amide bonds. The number of hydrogen-bond donors (Lipinski definition) is 1. The first-order valence-electron chi connectivity index (χ1n) is 9.02. The average molecular weight is 468 g/mol. The van der Waals surface area contributed by atoms with Gasteiger partial charge in [-0.05, 0) is 36.4 Å². The molecule has 1 saturated heterocycles. The van der Waals surface area contributed by atoms with Crippen molar-refractivity contribution in [3.63, 3.8) is 0 Å². The van der Waals surface area contributed by atoms with Crippen LogP contribution < -0.4 is 10.1 Å². The zero-order valence-corrected chi connectivity index (χ0v) is 18.3. The van der Waals surface area contributed by atoms with Gasteiger partial charge in [0, 0.05) is 18.1 Å². The number of rotatable bonds is 5. The number of carbonyl (C=O) groups is 1. The molecule has 1 aliphatic rings. The number of thiazole rings is 1. The van der Waals surface area contributed by atoms with Gasteiger partial charge in [-0.15, -0.1) is 0 Å². The van der Waals surface area contributed by atoms with E-state index < -0.39 is 15.9 Å². The summed E-state index contributed by atoms with van der Waals surface area (Å²) < 4.78 is 38.2. The van der Waals surface area contributed by atoms with E-state index in [9.17, 15) is 13.2 Å². The molecule has 0 aliphatic carbocycles. The molecule has 1 aromatic heterocycles. The van der Waals surface area contributed by atoms with Gasteiger partial charge in [-0.1, -0.05) is 22.9 Å². The standard InChI is InChI=1S/C19H18ClN3O5S2/c1-27-16-5-2-12(20)10-14(16)18(24)22-19-21-15-4-3-13(11-17(15)29-19)30(25,26)23-6-8-28-9-7-23/h2-5,10-11H,6-9H2,1H3,(H,21,22,24). The molecule has 4 rings (SSSR count). The van der Waals surface area contributed by atoms with Crippen LogP contribution in [0.25, 0.3) is 10.2 Å². The molecule has 1 aliphatic heterocycles. The van der Waals surface area contributed by atoms with Crippen molar-refractivity contribution >= 4 is 54.2 Å². The third-order valence-electron chi connectivity index (χ3n) is 4.59. The smallest absolute Gasteiger partial charge is 0.261 e.